The number of rotatable bonds is 6. The lowest BCUT2D eigenvalue weighted by atomic mass is 10.0. The van der Waals surface area contributed by atoms with Crippen LogP contribution in [-0.2, 0) is 9.53 Å². The van der Waals surface area contributed by atoms with Crippen LogP contribution in [0.5, 0.6) is 0 Å². The molecule has 2 atom stereocenters. The molecule has 4 nitrogen and oxygen atoms in total. The summed E-state index contributed by atoms with van der Waals surface area (Å²) in [6, 6.07) is 9.86. The van der Waals surface area contributed by atoms with E-state index >= 15 is 0 Å². The molecule has 0 aromatic heterocycles. The van der Waals surface area contributed by atoms with Crippen molar-refractivity contribution in [3.8, 4) is 0 Å². The van der Waals surface area contributed by atoms with Crippen molar-refractivity contribution in [2.24, 2.45) is 0 Å². The molecule has 0 radical (unpaired) electrons. The molecule has 21 heavy (non-hydrogen) atoms. The number of benzene rings is 1. The van der Waals surface area contributed by atoms with E-state index in [9.17, 15) is 4.79 Å². The van der Waals surface area contributed by atoms with E-state index in [-0.39, 0.29) is 18.0 Å². The highest BCUT2D eigenvalue weighted by Crippen LogP contribution is 2.24. The van der Waals surface area contributed by atoms with Gasteiger partial charge in [0.05, 0.1) is 6.61 Å². The van der Waals surface area contributed by atoms with E-state index in [4.69, 9.17) is 4.74 Å². The Labute approximate surface area is 131 Å². The number of thioether (sulfide) groups is 1. The van der Waals surface area contributed by atoms with Crippen LogP contribution >= 0.6 is 11.8 Å². The molecule has 5 heteroatoms. The Hall–Kier alpha value is -1.04. The predicted molar refractivity (Wildman–Crippen MR) is 87.6 cm³/mol. The van der Waals surface area contributed by atoms with Gasteiger partial charge in [-0.3, -0.25) is 9.69 Å². The molecule has 1 aromatic rings. The Bertz CT molecular complexity index is 435. The first kappa shape index (κ1) is 16.3. The largest absolute Gasteiger partial charge is 0.383 e. The zero-order valence-electron chi connectivity index (χ0n) is 12.7. The Morgan fingerprint density at radius 3 is 2.62 bits per heavy atom. The lowest BCUT2D eigenvalue weighted by Crippen LogP contribution is -2.47. The van der Waals surface area contributed by atoms with E-state index in [1.165, 1.54) is 0 Å². The minimum atomic E-state index is -0.202. The first-order valence-electron chi connectivity index (χ1n) is 7.38. The molecule has 1 aromatic carbocycles. The minimum Gasteiger partial charge on any atom is -0.383 e. The summed E-state index contributed by atoms with van der Waals surface area (Å²) in [5.74, 6) is 2.24. The van der Waals surface area contributed by atoms with Crippen molar-refractivity contribution in [3.63, 3.8) is 0 Å². The topological polar surface area (TPSA) is 41.6 Å². The third-order valence-electron chi connectivity index (χ3n) is 3.58. The molecule has 0 aliphatic carbocycles. The maximum absolute atomic E-state index is 12.7. The maximum Gasteiger partial charge on any atom is 0.242 e. The van der Waals surface area contributed by atoms with Gasteiger partial charge >= 0.3 is 0 Å². The van der Waals surface area contributed by atoms with Crippen LogP contribution in [0.15, 0.2) is 30.3 Å². The van der Waals surface area contributed by atoms with E-state index in [2.05, 4.69) is 10.2 Å². The second-order valence-corrected chi connectivity index (χ2v) is 6.55. The van der Waals surface area contributed by atoms with Gasteiger partial charge in [0.25, 0.3) is 0 Å². The summed E-state index contributed by atoms with van der Waals surface area (Å²) in [6.45, 7) is 4.41. The fraction of sp³-hybridized carbons (Fsp3) is 0.562. The molecule has 1 aliphatic heterocycles. The Kier molecular flexibility index (Phi) is 6.54. The van der Waals surface area contributed by atoms with Crippen molar-refractivity contribution < 1.29 is 9.53 Å². The highest BCUT2D eigenvalue weighted by atomic mass is 32.2. The average Bonchev–Trinajstić information content (AvgIpc) is 2.50. The van der Waals surface area contributed by atoms with E-state index < -0.39 is 0 Å². The monoisotopic (exact) mass is 308 g/mol. The van der Waals surface area contributed by atoms with Gasteiger partial charge in [0, 0.05) is 37.7 Å². The molecule has 1 fully saturated rings. The number of carbonyl (C=O) groups excluding carboxylic acids is 1. The van der Waals surface area contributed by atoms with Gasteiger partial charge in [0.1, 0.15) is 6.04 Å². The number of nitrogens with one attached hydrogen (secondary N) is 1. The van der Waals surface area contributed by atoms with Crippen molar-refractivity contribution in [2.75, 3.05) is 38.3 Å². The van der Waals surface area contributed by atoms with E-state index in [0.29, 0.717) is 6.61 Å². The van der Waals surface area contributed by atoms with Gasteiger partial charge in [-0.2, -0.15) is 11.8 Å². The van der Waals surface area contributed by atoms with E-state index in [1.807, 2.05) is 49.0 Å². The lowest BCUT2D eigenvalue weighted by Gasteiger charge is -2.34. The average molecular weight is 308 g/mol. The van der Waals surface area contributed by atoms with Crippen molar-refractivity contribution in [1.82, 2.24) is 10.2 Å². The summed E-state index contributed by atoms with van der Waals surface area (Å²) in [5.41, 5.74) is 1.06. The number of hydrogen-bond donors (Lipinski definition) is 1. The number of amides is 1. The third-order valence-corrected chi connectivity index (χ3v) is 4.52. The summed E-state index contributed by atoms with van der Waals surface area (Å²) in [7, 11) is 1.65. The van der Waals surface area contributed by atoms with Gasteiger partial charge in [-0.1, -0.05) is 30.3 Å². The van der Waals surface area contributed by atoms with Crippen molar-refractivity contribution in [3.05, 3.63) is 35.9 Å². The molecular formula is C16H24N2O2S. The quantitative estimate of drug-likeness (QED) is 0.872. The molecule has 2 rings (SSSR count). The van der Waals surface area contributed by atoms with Crippen LogP contribution in [0.1, 0.15) is 18.5 Å². The summed E-state index contributed by atoms with van der Waals surface area (Å²) >= 11 is 1.95. The van der Waals surface area contributed by atoms with Crippen molar-refractivity contribution in [1.29, 1.82) is 0 Å². The fourth-order valence-corrected chi connectivity index (χ4v) is 3.54. The maximum atomic E-state index is 12.7. The SMILES string of the molecule is COC[C@@H](C)NC(=O)[C@H](c1ccccc1)N1CCSCC1. The van der Waals surface area contributed by atoms with E-state index in [0.717, 1.165) is 30.2 Å². The molecule has 0 bridgehead atoms. The van der Waals surface area contributed by atoms with Crippen LogP contribution in [0.3, 0.4) is 0 Å². The number of hydrogen-bond acceptors (Lipinski definition) is 4. The van der Waals surface area contributed by atoms with Crippen molar-refractivity contribution >= 4 is 17.7 Å². The molecule has 1 N–H and O–H groups in total. The zero-order chi connectivity index (χ0) is 15.1. The van der Waals surface area contributed by atoms with Crippen LogP contribution in [0, 0.1) is 0 Å². The van der Waals surface area contributed by atoms with Crippen LogP contribution < -0.4 is 5.32 Å². The molecule has 1 saturated heterocycles. The van der Waals surface area contributed by atoms with Gasteiger partial charge in [-0.25, -0.2) is 0 Å². The smallest absolute Gasteiger partial charge is 0.242 e. The molecule has 1 aliphatic rings. The van der Waals surface area contributed by atoms with Gasteiger partial charge in [-0.15, -0.1) is 0 Å². The first-order chi connectivity index (χ1) is 10.2. The third kappa shape index (κ3) is 4.73. The summed E-state index contributed by atoms with van der Waals surface area (Å²) < 4.78 is 5.10. The second kappa shape index (κ2) is 8.41. The second-order valence-electron chi connectivity index (χ2n) is 5.33. The Morgan fingerprint density at radius 2 is 2.00 bits per heavy atom. The van der Waals surface area contributed by atoms with Gasteiger partial charge in [0.15, 0.2) is 0 Å². The van der Waals surface area contributed by atoms with Gasteiger partial charge in [0.2, 0.25) is 5.91 Å². The van der Waals surface area contributed by atoms with Crippen LogP contribution in [-0.4, -0.2) is 55.2 Å². The molecular weight excluding hydrogens is 284 g/mol. The number of methoxy groups -OCH3 is 1. The standard InChI is InChI=1S/C16H24N2O2S/c1-13(12-20-2)17-16(19)15(14-6-4-3-5-7-14)18-8-10-21-11-9-18/h3-7,13,15H,8-12H2,1-2H3,(H,17,19)/t13-,15+/m1/s1. The lowest BCUT2D eigenvalue weighted by molar-refractivity contribution is -0.127. The van der Waals surface area contributed by atoms with Crippen LogP contribution in [0.4, 0.5) is 0 Å². The minimum absolute atomic E-state index is 0.0212. The highest BCUT2D eigenvalue weighted by molar-refractivity contribution is 7.99. The predicted octanol–water partition coefficient (Wildman–Crippen LogP) is 1.93. The summed E-state index contributed by atoms with van der Waals surface area (Å²) in [4.78, 5) is 15.0. The number of carbonyl (C=O) groups is 1. The number of nitrogens with zero attached hydrogens (tertiary/aromatic N) is 1. The molecule has 1 heterocycles. The first-order valence-corrected chi connectivity index (χ1v) is 8.54. The zero-order valence-corrected chi connectivity index (χ0v) is 13.6. The fourth-order valence-electron chi connectivity index (χ4n) is 2.61. The number of ether oxygens (including phenoxy) is 1. The molecule has 0 unspecified atom stereocenters. The van der Waals surface area contributed by atoms with Crippen molar-refractivity contribution in [2.45, 2.75) is 19.0 Å². The van der Waals surface area contributed by atoms with Crippen LogP contribution in [0.2, 0.25) is 0 Å². The highest BCUT2D eigenvalue weighted by Gasteiger charge is 2.29. The van der Waals surface area contributed by atoms with Gasteiger partial charge in [-0.05, 0) is 12.5 Å². The normalized spacial score (nSPS) is 19.0. The van der Waals surface area contributed by atoms with E-state index in [1.54, 1.807) is 7.11 Å². The Morgan fingerprint density at radius 1 is 1.33 bits per heavy atom. The Balaban J connectivity index is 2.13. The van der Waals surface area contributed by atoms with Gasteiger partial charge < -0.3 is 10.1 Å². The molecule has 0 saturated carbocycles. The molecule has 1 amide bonds. The molecule has 0 spiro atoms. The summed E-state index contributed by atoms with van der Waals surface area (Å²) in [6.07, 6.45) is 0. The summed E-state index contributed by atoms with van der Waals surface area (Å²) in [5, 5.41) is 3.06. The molecule has 116 valence electrons. The van der Waals surface area contributed by atoms with Crippen LogP contribution in [0.25, 0.3) is 0 Å².